The van der Waals surface area contributed by atoms with Gasteiger partial charge in [0.05, 0.1) is 43.7 Å². The van der Waals surface area contributed by atoms with E-state index >= 15 is 0 Å². The third-order valence-electron chi connectivity index (χ3n) is 12.6. The van der Waals surface area contributed by atoms with Gasteiger partial charge in [0.2, 0.25) is 11.3 Å². The fraction of sp³-hybridized carbons (Fsp3) is 0.333. The molecule has 292 valence electrons. The van der Waals surface area contributed by atoms with Gasteiger partial charge < -0.3 is 55.0 Å². The number of anilines is 2. The fourth-order valence-electron chi connectivity index (χ4n) is 9.92. The smallest absolute Gasteiger partial charge is 0.341 e. The molecule has 7 N–H and O–H groups in total. The van der Waals surface area contributed by atoms with Crippen molar-refractivity contribution in [2.75, 3.05) is 50.8 Å². The molecule has 1 saturated carbocycles. The summed E-state index contributed by atoms with van der Waals surface area (Å²) in [5.74, 6) is -3.37. The number of aromatic nitrogens is 2. The van der Waals surface area contributed by atoms with Crippen LogP contribution in [0.25, 0.3) is 21.8 Å². The van der Waals surface area contributed by atoms with Gasteiger partial charge in [-0.05, 0) is 55.4 Å². The number of nitrogens with two attached hydrogens (primary N) is 1. The molecule has 2 aromatic carbocycles. The van der Waals surface area contributed by atoms with Crippen LogP contribution in [0.15, 0.2) is 40.2 Å². The SMILES string of the molecule is COC(=O)[C@]1(C)N=C2C(=O)C=C3N(C(=O)c4cc5c6c(c(O)c(OC)c5[nH]4)N(C(=O)c4cc5c7c(c(O)c(OC)c5[nH]4)N(C(N)=O)CC7)CC6)C[C@@H]4C[C@]34C2=C1O. The van der Waals surface area contributed by atoms with Crippen LogP contribution in [0.1, 0.15) is 45.4 Å². The van der Waals surface area contributed by atoms with Gasteiger partial charge in [-0.15, -0.1) is 0 Å². The van der Waals surface area contributed by atoms with E-state index in [4.69, 9.17) is 19.9 Å². The highest BCUT2D eigenvalue weighted by Crippen LogP contribution is 2.71. The number of H-pyrrole nitrogens is 2. The molecule has 3 atom stereocenters. The zero-order valence-electron chi connectivity index (χ0n) is 31.0. The number of nitrogens with zero attached hydrogens (tertiary/aromatic N) is 4. The zero-order valence-corrected chi connectivity index (χ0v) is 31.0. The van der Waals surface area contributed by atoms with Crippen LogP contribution in [0.3, 0.4) is 0 Å². The van der Waals surface area contributed by atoms with Crippen molar-refractivity contribution < 1.29 is 53.5 Å². The molecule has 57 heavy (non-hydrogen) atoms. The van der Waals surface area contributed by atoms with Gasteiger partial charge in [-0.2, -0.15) is 0 Å². The molecule has 4 amide bonds. The molecule has 1 spiro atoms. The number of aliphatic hydroxyl groups excluding tert-OH is 1. The van der Waals surface area contributed by atoms with E-state index in [-0.39, 0.29) is 88.4 Å². The molecule has 1 saturated heterocycles. The molecule has 0 bridgehead atoms. The number of fused-ring (bicyclic) bond motifs is 7. The molecule has 18 heteroatoms. The first-order valence-corrected chi connectivity index (χ1v) is 18.2. The Morgan fingerprint density at radius 3 is 1.95 bits per heavy atom. The van der Waals surface area contributed by atoms with Crippen LogP contribution in [0, 0.1) is 11.3 Å². The van der Waals surface area contributed by atoms with E-state index < -0.39 is 40.6 Å². The van der Waals surface area contributed by atoms with Gasteiger partial charge in [-0.3, -0.25) is 24.3 Å². The summed E-state index contributed by atoms with van der Waals surface area (Å²) >= 11 is 0. The number of amides is 4. The normalized spacial score (nSPS) is 24.0. The average molecular weight is 778 g/mol. The number of hydrogen-bond acceptors (Lipinski definition) is 12. The maximum atomic E-state index is 14.4. The minimum atomic E-state index is -1.78. The largest absolute Gasteiger partial charge is 0.509 e. The molecule has 4 aromatic rings. The molecule has 2 aromatic heterocycles. The molecular weight excluding hydrogens is 742 g/mol. The van der Waals surface area contributed by atoms with E-state index in [9.17, 15) is 39.3 Å². The lowest BCUT2D eigenvalue weighted by molar-refractivity contribution is -0.145. The minimum Gasteiger partial charge on any atom is -0.509 e. The van der Waals surface area contributed by atoms with Crippen molar-refractivity contribution in [3.8, 4) is 23.0 Å². The molecule has 6 heterocycles. The Morgan fingerprint density at radius 1 is 0.860 bits per heavy atom. The predicted octanol–water partition coefficient (Wildman–Crippen LogP) is 2.85. The summed E-state index contributed by atoms with van der Waals surface area (Å²) in [6.07, 6.45) is 2.60. The summed E-state index contributed by atoms with van der Waals surface area (Å²) in [7, 11) is 3.89. The quantitative estimate of drug-likeness (QED) is 0.161. The van der Waals surface area contributed by atoms with Crippen LogP contribution in [-0.4, -0.2) is 112 Å². The van der Waals surface area contributed by atoms with Crippen molar-refractivity contribution in [3.05, 3.63) is 57.8 Å². The number of likely N-dealkylation sites (tertiary alicyclic amines) is 1. The number of nitrogens with one attached hydrogen (secondary N) is 2. The number of hydrogen-bond donors (Lipinski definition) is 6. The number of piperidine rings is 1. The average Bonchev–Trinajstić information content (AvgIpc) is 3.90. The topological polar surface area (TPSA) is 253 Å². The van der Waals surface area contributed by atoms with E-state index in [1.54, 1.807) is 12.1 Å². The number of methoxy groups -OCH3 is 3. The molecule has 2 fully saturated rings. The van der Waals surface area contributed by atoms with Crippen molar-refractivity contribution in [3.63, 3.8) is 0 Å². The molecule has 0 unspecified atom stereocenters. The number of phenols is 2. The number of aliphatic imine (C=N–C) groups is 1. The zero-order chi connectivity index (χ0) is 40.2. The van der Waals surface area contributed by atoms with Crippen LogP contribution in [0.5, 0.6) is 23.0 Å². The number of ketones is 1. The number of benzene rings is 2. The van der Waals surface area contributed by atoms with Crippen LogP contribution in [0.4, 0.5) is 16.2 Å². The number of aromatic hydroxyl groups is 2. The summed E-state index contributed by atoms with van der Waals surface area (Å²) in [5.41, 5.74) is 6.17. The van der Waals surface area contributed by atoms with Crippen molar-refractivity contribution >= 4 is 68.5 Å². The van der Waals surface area contributed by atoms with E-state index in [1.165, 1.54) is 49.0 Å². The minimum absolute atomic E-state index is 0.00637. The number of phenolic OH excluding ortho intramolecular Hbond substituents is 2. The number of ether oxygens (including phenoxy) is 3. The Hall–Kier alpha value is -6.98. The van der Waals surface area contributed by atoms with E-state index in [0.717, 1.165) is 0 Å². The van der Waals surface area contributed by atoms with Gasteiger partial charge in [0.1, 0.15) is 22.9 Å². The number of esters is 1. The number of carbonyl (C=O) groups is 5. The number of aliphatic hydroxyl groups is 1. The van der Waals surface area contributed by atoms with Crippen molar-refractivity contribution in [2.24, 2.45) is 22.1 Å². The lowest BCUT2D eigenvalue weighted by Gasteiger charge is -2.29. The highest BCUT2D eigenvalue weighted by atomic mass is 16.5. The standard InChI is InChI=1S/C39H35N7O11/c1-38(36(53)57-4)33(50)23-26(43-38)21(47)11-22-39(23)12-14(39)13-46(22)35(52)20-10-17-15-5-7-44(27(15)29(48)31(55-2)24(17)42-20)34(51)19-9-18-16-6-8-45(37(40)54)28(16)30(49)32(56-3)25(18)41-19/h9-11,14,41-42,48-50H,5-8,12-13H2,1-4H3,(H2,40,54)/t14-,38+,39+/m0/s1. The predicted molar refractivity (Wildman–Crippen MR) is 201 cm³/mol. The van der Waals surface area contributed by atoms with Crippen molar-refractivity contribution in [1.82, 2.24) is 14.9 Å². The first kappa shape index (κ1) is 34.5. The van der Waals surface area contributed by atoms with Gasteiger partial charge >= 0.3 is 12.0 Å². The van der Waals surface area contributed by atoms with Crippen LogP contribution in [-0.2, 0) is 27.2 Å². The summed E-state index contributed by atoms with van der Waals surface area (Å²) in [6.45, 7) is 2.04. The van der Waals surface area contributed by atoms with E-state index in [2.05, 4.69) is 15.0 Å². The van der Waals surface area contributed by atoms with E-state index in [0.29, 0.717) is 57.9 Å². The molecule has 18 nitrogen and oxygen atoms in total. The summed E-state index contributed by atoms with van der Waals surface area (Å²) < 4.78 is 16.0. The van der Waals surface area contributed by atoms with Crippen LogP contribution >= 0.6 is 0 Å². The summed E-state index contributed by atoms with van der Waals surface area (Å²) in [4.78, 5) is 81.6. The Morgan fingerprint density at radius 2 is 1.40 bits per heavy atom. The highest BCUT2D eigenvalue weighted by Gasteiger charge is 2.72. The van der Waals surface area contributed by atoms with E-state index in [1.807, 2.05) is 0 Å². The summed E-state index contributed by atoms with van der Waals surface area (Å²) in [6, 6.07) is 2.51. The molecular formula is C39H35N7O11. The van der Waals surface area contributed by atoms with Crippen molar-refractivity contribution in [2.45, 2.75) is 31.7 Å². The second-order valence-electron chi connectivity index (χ2n) is 15.2. The van der Waals surface area contributed by atoms with Gasteiger partial charge in [0.25, 0.3) is 11.8 Å². The first-order chi connectivity index (χ1) is 27.2. The maximum absolute atomic E-state index is 14.4. The number of carbonyl (C=O) groups excluding carboxylic acids is 5. The van der Waals surface area contributed by atoms with Gasteiger partial charge in [0, 0.05) is 53.2 Å². The van der Waals surface area contributed by atoms with Gasteiger partial charge in [-0.25, -0.2) is 9.59 Å². The lowest BCUT2D eigenvalue weighted by atomic mass is 9.80. The number of primary amides is 1. The molecule has 2 aliphatic carbocycles. The number of urea groups is 1. The Labute approximate surface area is 321 Å². The second kappa shape index (κ2) is 11.1. The molecule has 0 radical (unpaired) electrons. The number of allylic oxidation sites excluding steroid dienone is 2. The third-order valence-corrected chi connectivity index (χ3v) is 12.6. The summed E-state index contributed by atoms with van der Waals surface area (Å²) in [5, 5.41) is 35.2. The van der Waals surface area contributed by atoms with Crippen molar-refractivity contribution in [1.29, 1.82) is 0 Å². The fourth-order valence-corrected chi connectivity index (χ4v) is 9.92. The Bertz CT molecular complexity index is 2760. The molecule has 10 rings (SSSR count). The first-order valence-electron chi connectivity index (χ1n) is 18.2. The molecule has 4 aliphatic heterocycles. The highest BCUT2D eigenvalue weighted by molar-refractivity contribution is 6.52. The number of rotatable bonds is 5. The third kappa shape index (κ3) is 4.08. The molecule has 6 aliphatic rings. The lowest BCUT2D eigenvalue weighted by Crippen LogP contribution is -2.36. The Kier molecular flexibility index (Phi) is 6.71. The monoisotopic (exact) mass is 777 g/mol. The van der Waals surface area contributed by atoms with Gasteiger partial charge in [-0.1, -0.05) is 0 Å². The van der Waals surface area contributed by atoms with Crippen LogP contribution in [0.2, 0.25) is 0 Å². The number of aromatic amines is 2. The Balaban J connectivity index is 1.01. The van der Waals surface area contributed by atoms with Crippen LogP contribution < -0.4 is 25.0 Å². The van der Waals surface area contributed by atoms with Gasteiger partial charge in [0.15, 0.2) is 23.0 Å². The maximum Gasteiger partial charge on any atom is 0.341 e. The second-order valence-corrected chi connectivity index (χ2v) is 15.2.